The molecule has 2 N–H and O–H groups in total. The lowest BCUT2D eigenvalue weighted by Crippen LogP contribution is -2.12. The van der Waals surface area contributed by atoms with E-state index in [4.69, 9.17) is 10.5 Å². The Kier molecular flexibility index (Phi) is 4.16. The molecule has 0 aliphatic carbocycles. The van der Waals surface area contributed by atoms with E-state index in [-0.39, 0.29) is 11.2 Å². The van der Waals surface area contributed by atoms with Gasteiger partial charge in [-0.3, -0.25) is 0 Å². The van der Waals surface area contributed by atoms with Crippen molar-refractivity contribution in [3.05, 3.63) is 51.5 Å². The van der Waals surface area contributed by atoms with Gasteiger partial charge in [-0.1, -0.05) is 26.8 Å². The number of benzene rings is 1. The Morgan fingerprint density at radius 1 is 1.20 bits per heavy atom. The van der Waals surface area contributed by atoms with Crippen LogP contribution in [0.1, 0.15) is 42.1 Å². The van der Waals surface area contributed by atoms with Crippen LogP contribution in [0.2, 0.25) is 0 Å². The highest BCUT2D eigenvalue weighted by molar-refractivity contribution is 7.12. The zero-order valence-corrected chi connectivity index (χ0v) is 13.1. The molecular formula is C16H20FNOS. The first-order valence-electron chi connectivity index (χ1n) is 6.52. The summed E-state index contributed by atoms with van der Waals surface area (Å²) in [4.78, 5) is 2.22. The number of nitrogens with two attached hydrogens (primary N) is 1. The fraction of sp³-hybridized carbons (Fsp3) is 0.375. The lowest BCUT2D eigenvalue weighted by atomic mass is 9.95. The van der Waals surface area contributed by atoms with Crippen LogP contribution in [-0.2, 0) is 5.41 Å². The SMILES string of the molecule is COc1ccc(C(N)c2ccc(C(C)(C)C)s2)c(F)c1. The number of halogens is 1. The second kappa shape index (κ2) is 5.54. The van der Waals surface area contributed by atoms with Crippen LogP contribution in [0.3, 0.4) is 0 Å². The Morgan fingerprint density at radius 2 is 1.90 bits per heavy atom. The molecule has 1 aromatic heterocycles. The molecule has 0 radical (unpaired) electrons. The standard InChI is InChI=1S/C16H20FNOS/c1-16(2,3)14-8-7-13(20-14)15(18)11-6-5-10(19-4)9-12(11)17/h5-9,15H,18H2,1-4H3. The Balaban J connectivity index is 2.31. The molecule has 0 saturated heterocycles. The molecule has 20 heavy (non-hydrogen) atoms. The monoisotopic (exact) mass is 293 g/mol. The maximum atomic E-state index is 14.1. The van der Waals surface area contributed by atoms with Crippen LogP contribution in [0, 0.1) is 5.82 Å². The van der Waals surface area contributed by atoms with Crippen molar-refractivity contribution in [2.75, 3.05) is 7.11 Å². The van der Waals surface area contributed by atoms with Gasteiger partial charge in [0.25, 0.3) is 0 Å². The van der Waals surface area contributed by atoms with Crippen LogP contribution >= 0.6 is 11.3 Å². The first kappa shape index (κ1) is 15.0. The maximum Gasteiger partial charge on any atom is 0.132 e. The third kappa shape index (κ3) is 3.02. The molecule has 2 nitrogen and oxygen atoms in total. The first-order valence-corrected chi connectivity index (χ1v) is 7.34. The normalized spacial score (nSPS) is 13.3. The first-order chi connectivity index (χ1) is 9.32. The topological polar surface area (TPSA) is 35.2 Å². The molecule has 0 spiro atoms. The molecule has 108 valence electrons. The fourth-order valence-corrected chi connectivity index (χ4v) is 3.05. The van der Waals surface area contributed by atoms with E-state index in [0.717, 1.165) is 4.88 Å². The summed E-state index contributed by atoms with van der Waals surface area (Å²) in [6.07, 6.45) is 0. The van der Waals surface area contributed by atoms with Crippen molar-refractivity contribution in [2.45, 2.75) is 32.2 Å². The van der Waals surface area contributed by atoms with E-state index in [9.17, 15) is 4.39 Å². The summed E-state index contributed by atoms with van der Waals surface area (Å²) in [6.45, 7) is 6.46. The van der Waals surface area contributed by atoms with Gasteiger partial charge in [0.1, 0.15) is 11.6 Å². The van der Waals surface area contributed by atoms with Crippen LogP contribution in [0.15, 0.2) is 30.3 Å². The maximum absolute atomic E-state index is 14.1. The molecule has 0 fully saturated rings. The van der Waals surface area contributed by atoms with Gasteiger partial charge in [-0.25, -0.2) is 4.39 Å². The zero-order valence-electron chi connectivity index (χ0n) is 12.2. The smallest absolute Gasteiger partial charge is 0.132 e. The predicted molar refractivity (Wildman–Crippen MR) is 82.0 cm³/mol. The number of thiophene rings is 1. The molecule has 2 rings (SSSR count). The van der Waals surface area contributed by atoms with Gasteiger partial charge in [0.05, 0.1) is 13.2 Å². The molecule has 0 bridgehead atoms. The number of hydrogen-bond acceptors (Lipinski definition) is 3. The van der Waals surface area contributed by atoms with E-state index in [2.05, 4.69) is 26.8 Å². The van der Waals surface area contributed by atoms with E-state index >= 15 is 0 Å². The third-order valence-electron chi connectivity index (χ3n) is 3.22. The largest absolute Gasteiger partial charge is 0.497 e. The molecule has 1 unspecified atom stereocenters. The molecule has 0 saturated carbocycles. The molecule has 2 aromatic rings. The van der Waals surface area contributed by atoms with Crippen LogP contribution in [0.25, 0.3) is 0 Å². The van der Waals surface area contributed by atoms with Crippen molar-refractivity contribution in [1.82, 2.24) is 0 Å². The van der Waals surface area contributed by atoms with Crippen LogP contribution < -0.4 is 10.5 Å². The molecule has 0 amide bonds. The van der Waals surface area contributed by atoms with Gasteiger partial charge < -0.3 is 10.5 Å². The zero-order chi connectivity index (χ0) is 14.9. The highest BCUT2D eigenvalue weighted by Gasteiger charge is 2.20. The molecule has 1 atom stereocenters. The average molecular weight is 293 g/mol. The van der Waals surface area contributed by atoms with Crippen LogP contribution in [-0.4, -0.2) is 7.11 Å². The summed E-state index contributed by atoms with van der Waals surface area (Å²) < 4.78 is 19.1. The van der Waals surface area contributed by atoms with Crippen LogP contribution in [0.4, 0.5) is 4.39 Å². The lowest BCUT2D eigenvalue weighted by molar-refractivity contribution is 0.410. The van der Waals surface area contributed by atoms with Crippen LogP contribution in [0.5, 0.6) is 5.75 Å². The Bertz CT molecular complexity index is 601. The molecule has 1 aromatic carbocycles. The summed E-state index contributed by atoms with van der Waals surface area (Å²) >= 11 is 1.64. The third-order valence-corrected chi connectivity index (χ3v) is 4.81. The van der Waals surface area contributed by atoms with Gasteiger partial charge in [0.2, 0.25) is 0 Å². The van der Waals surface area contributed by atoms with Crippen molar-refractivity contribution in [3.63, 3.8) is 0 Å². The van der Waals surface area contributed by atoms with E-state index in [0.29, 0.717) is 11.3 Å². The van der Waals surface area contributed by atoms with Gasteiger partial charge in [-0.05, 0) is 23.6 Å². The summed E-state index contributed by atoms with van der Waals surface area (Å²) in [5, 5.41) is 0. The molecule has 4 heteroatoms. The average Bonchev–Trinajstić information content (AvgIpc) is 2.87. The second-order valence-electron chi connectivity index (χ2n) is 5.82. The van der Waals surface area contributed by atoms with Crippen molar-refractivity contribution < 1.29 is 9.13 Å². The Labute approximate surface area is 123 Å². The lowest BCUT2D eigenvalue weighted by Gasteiger charge is -2.16. The van der Waals surface area contributed by atoms with Gasteiger partial charge in [-0.15, -0.1) is 11.3 Å². The quantitative estimate of drug-likeness (QED) is 0.918. The van der Waals surface area contributed by atoms with E-state index in [1.165, 1.54) is 18.1 Å². The number of methoxy groups -OCH3 is 1. The number of hydrogen-bond donors (Lipinski definition) is 1. The minimum atomic E-state index is -0.443. The predicted octanol–water partition coefficient (Wildman–Crippen LogP) is 4.24. The highest BCUT2D eigenvalue weighted by atomic mass is 32.1. The Morgan fingerprint density at radius 3 is 2.40 bits per heavy atom. The van der Waals surface area contributed by atoms with Crippen molar-refractivity contribution in [3.8, 4) is 5.75 Å². The van der Waals surface area contributed by atoms with Crippen molar-refractivity contribution in [1.29, 1.82) is 0 Å². The molecule has 1 heterocycles. The van der Waals surface area contributed by atoms with E-state index < -0.39 is 6.04 Å². The fourth-order valence-electron chi connectivity index (χ4n) is 1.96. The number of ether oxygens (including phenoxy) is 1. The van der Waals surface area contributed by atoms with Gasteiger partial charge in [0, 0.05) is 21.4 Å². The summed E-state index contributed by atoms with van der Waals surface area (Å²) in [6, 6.07) is 8.40. The minimum absolute atomic E-state index is 0.0844. The summed E-state index contributed by atoms with van der Waals surface area (Å²) in [5.41, 5.74) is 6.77. The van der Waals surface area contributed by atoms with E-state index in [1.54, 1.807) is 23.5 Å². The van der Waals surface area contributed by atoms with E-state index in [1.807, 2.05) is 6.07 Å². The van der Waals surface area contributed by atoms with Crippen molar-refractivity contribution >= 4 is 11.3 Å². The van der Waals surface area contributed by atoms with Crippen molar-refractivity contribution in [2.24, 2.45) is 5.73 Å². The van der Waals surface area contributed by atoms with Gasteiger partial charge in [-0.2, -0.15) is 0 Å². The van der Waals surface area contributed by atoms with Gasteiger partial charge >= 0.3 is 0 Å². The molecule has 0 aliphatic rings. The Hall–Kier alpha value is -1.39. The van der Waals surface area contributed by atoms with Gasteiger partial charge in [0.15, 0.2) is 0 Å². The summed E-state index contributed by atoms with van der Waals surface area (Å²) in [7, 11) is 1.52. The minimum Gasteiger partial charge on any atom is -0.497 e. The molecule has 0 aliphatic heterocycles. The molecular weight excluding hydrogens is 273 g/mol. The second-order valence-corrected chi connectivity index (χ2v) is 6.93. The summed E-state index contributed by atoms with van der Waals surface area (Å²) in [5.74, 6) is 0.169. The highest BCUT2D eigenvalue weighted by Crippen LogP contribution is 2.34. The number of rotatable bonds is 3.